The van der Waals surface area contributed by atoms with Gasteiger partial charge in [0, 0.05) is 47.0 Å². The lowest BCUT2D eigenvalue weighted by Gasteiger charge is -2.39. The zero-order valence-electron chi connectivity index (χ0n) is 17.1. The number of benzene rings is 2. The molecule has 1 aliphatic carbocycles. The van der Waals surface area contributed by atoms with E-state index in [1.807, 2.05) is 24.3 Å². The van der Waals surface area contributed by atoms with Crippen LogP contribution < -0.4 is 9.96 Å². The minimum Gasteiger partial charge on any atom is -0.623 e. The van der Waals surface area contributed by atoms with Gasteiger partial charge in [0.05, 0.1) is 24.8 Å². The van der Waals surface area contributed by atoms with Crippen LogP contribution in [0.15, 0.2) is 36.4 Å². The lowest BCUT2D eigenvalue weighted by molar-refractivity contribution is -0.687. The molecule has 1 N–H and O–H groups in total. The summed E-state index contributed by atoms with van der Waals surface area (Å²) in [6, 6.07) is 14.2. The smallest absolute Gasteiger partial charge is 0.148 e. The third-order valence-electron chi connectivity index (χ3n) is 7.01. The molecule has 1 saturated heterocycles. The Morgan fingerprint density at radius 3 is 2.62 bits per heavy atom. The maximum atomic E-state index is 13.5. The van der Waals surface area contributed by atoms with Crippen molar-refractivity contribution < 1.29 is 9.80 Å². The van der Waals surface area contributed by atoms with E-state index in [2.05, 4.69) is 43.9 Å². The molecule has 0 amide bonds. The first kappa shape index (κ1) is 18.4. The van der Waals surface area contributed by atoms with E-state index in [4.69, 9.17) is 4.74 Å². The first-order valence-electron chi connectivity index (χ1n) is 10.2. The fourth-order valence-corrected chi connectivity index (χ4v) is 5.09. The van der Waals surface area contributed by atoms with Crippen molar-refractivity contribution in [3.63, 3.8) is 0 Å². The molecule has 2 aromatic carbocycles. The van der Waals surface area contributed by atoms with Crippen LogP contribution >= 0.6 is 0 Å². The minimum atomic E-state index is -0.207. The quantitative estimate of drug-likeness (QED) is 0.762. The number of quaternary nitrogens is 1. The molecule has 5 nitrogen and oxygen atoms in total. The number of nitrogens with one attached hydrogen (secondary N) is 1. The summed E-state index contributed by atoms with van der Waals surface area (Å²) in [4.78, 5) is 2.33. The normalized spacial score (nSPS) is 24.6. The Kier molecular flexibility index (Phi) is 4.08. The number of hydrogen-bond acceptors (Lipinski definition) is 4. The molecule has 148 valence electrons. The SMILES string of the molecule is CC1c2cc(C#N)ccc2C2=C(c3cc(N4CCOCC4)ccc3[NH+]2[O-])C1(C)C. The maximum Gasteiger partial charge on any atom is 0.148 e. The molecule has 2 aromatic rings. The van der Waals surface area contributed by atoms with E-state index in [0.717, 1.165) is 65.6 Å². The maximum absolute atomic E-state index is 13.5. The molecule has 5 heteroatoms. The Labute approximate surface area is 171 Å². The summed E-state index contributed by atoms with van der Waals surface area (Å²) in [7, 11) is 0. The predicted octanol–water partition coefficient (Wildman–Crippen LogP) is 3.43. The van der Waals surface area contributed by atoms with E-state index in [1.165, 1.54) is 0 Å². The highest BCUT2D eigenvalue weighted by Crippen LogP contribution is 2.56. The lowest BCUT2D eigenvalue weighted by Crippen LogP contribution is -2.98. The van der Waals surface area contributed by atoms with Crippen LogP contribution in [0.25, 0.3) is 11.3 Å². The molecule has 2 heterocycles. The zero-order chi connectivity index (χ0) is 20.3. The van der Waals surface area contributed by atoms with Gasteiger partial charge in [0.2, 0.25) is 0 Å². The topological polar surface area (TPSA) is 63.8 Å². The van der Waals surface area contributed by atoms with Crippen molar-refractivity contribution in [3.05, 3.63) is 63.9 Å². The Balaban J connectivity index is 1.70. The van der Waals surface area contributed by atoms with Crippen molar-refractivity contribution in [3.8, 4) is 6.07 Å². The van der Waals surface area contributed by atoms with Gasteiger partial charge >= 0.3 is 0 Å². The van der Waals surface area contributed by atoms with Crippen molar-refractivity contribution in [1.29, 1.82) is 5.26 Å². The molecule has 0 saturated carbocycles. The Hall–Kier alpha value is -2.65. The summed E-state index contributed by atoms with van der Waals surface area (Å²) in [6.07, 6.45) is 0. The van der Waals surface area contributed by atoms with Gasteiger partial charge in [-0.2, -0.15) is 5.26 Å². The van der Waals surface area contributed by atoms with Crippen LogP contribution in [0.3, 0.4) is 0 Å². The monoisotopic (exact) mass is 387 g/mol. The summed E-state index contributed by atoms with van der Waals surface area (Å²) in [5.74, 6) is 0.204. The number of nitrogens with zero attached hydrogens (tertiary/aromatic N) is 2. The first-order chi connectivity index (χ1) is 13.9. The van der Waals surface area contributed by atoms with E-state index in [0.29, 0.717) is 5.56 Å². The van der Waals surface area contributed by atoms with Crippen LogP contribution in [0.4, 0.5) is 11.4 Å². The van der Waals surface area contributed by atoms with Gasteiger partial charge in [0.1, 0.15) is 11.4 Å². The summed E-state index contributed by atoms with van der Waals surface area (Å²) >= 11 is 0. The predicted molar refractivity (Wildman–Crippen MR) is 114 cm³/mol. The van der Waals surface area contributed by atoms with Crippen LogP contribution in [-0.4, -0.2) is 26.3 Å². The molecule has 1 fully saturated rings. The molecule has 0 aromatic heterocycles. The summed E-state index contributed by atoms with van der Waals surface area (Å²) < 4.78 is 5.49. The van der Waals surface area contributed by atoms with Crippen molar-refractivity contribution in [1.82, 2.24) is 0 Å². The first-order valence-corrected chi connectivity index (χ1v) is 10.2. The van der Waals surface area contributed by atoms with Crippen molar-refractivity contribution in [2.24, 2.45) is 5.41 Å². The number of rotatable bonds is 1. The molecule has 5 rings (SSSR count). The number of nitriles is 1. The molecule has 0 spiro atoms. The van der Waals surface area contributed by atoms with Crippen molar-refractivity contribution in [2.45, 2.75) is 26.7 Å². The molecular formula is C24H25N3O2. The number of hydrogen-bond donors (Lipinski definition) is 1. The lowest BCUT2D eigenvalue weighted by atomic mass is 9.64. The molecule has 2 unspecified atom stereocenters. The molecule has 2 atom stereocenters. The van der Waals surface area contributed by atoms with Crippen molar-refractivity contribution in [2.75, 3.05) is 31.2 Å². The van der Waals surface area contributed by atoms with Gasteiger partial charge in [0.25, 0.3) is 0 Å². The number of anilines is 1. The second-order valence-electron chi connectivity index (χ2n) is 8.77. The van der Waals surface area contributed by atoms with Crippen molar-refractivity contribution >= 4 is 22.6 Å². The van der Waals surface area contributed by atoms with Gasteiger partial charge in [-0.1, -0.05) is 20.8 Å². The molecule has 2 aliphatic heterocycles. The van der Waals surface area contributed by atoms with Gasteiger partial charge in [-0.3, -0.25) is 0 Å². The third-order valence-corrected chi connectivity index (χ3v) is 7.01. The highest BCUT2D eigenvalue weighted by Gasteiger charge is 2.47. The Bertz CT molecular complexity index is 1070. The largest absolute Gasteiger partial charge is 0.623 e. The Morgan fingerprint density at radius 2 is 1.90 bits per heavy atom. The standard InChI is InChI=1S/C24H25N3O2/c1-15-19-12-16(14-25)4-6-18(19)23-22(24(15,2)3)20-13-17(5-7-21(20)27(23)28)26-8-10-29-11-9-26/h4-7,12-13,15,27H,8-11H2,1-3H3. The third kappa shape index (κ3) is 2.57. The van der Waals surface area contributed by atoms with E-state index in [-0.39, 0.29) is 16.4 Å². The summed E-state index contributed by atoms with van der Waals surface area (Å²) in [5, 5.41) is 22.9. The van der Waals surface area contributed by atoms with Crippen LogP contribution in [0.5, 0.6) is 0 Å². The summed E-state index contributed by atoms with van der Waals surface area (Å²) in [5.41, 5.74) is 7.52. The Morgan fingerprint density at radius 1 is 1.14 bits per heavy atom. The highest BCUT2D eigenvalue weighted by molar-refractivity contribution is 5.99. The minimum absolute atomic E-state index is 0.106. The molecular weight excluding hydrogens is 362 g/mol. The van der Waals surface area contributed by atoms with E-state index < -0.39 is 0 Å². The second-order valence-corrected chi connectivity index (χ2v) is 8.77. The van der Waals surface area contributed by atoms with E-state index >= 15 is 0 Å². The molecule has 0 radical (unpaired) electrons. The number of ether oxygens (including phenoxy) is 1. The molecule has 3 aliphatic rings. The fraction of sp³-hybridized carbons (Fsp3) is 0.375. The van der Waals surface area contributed by atoms with Crippen LogP contribution in [0.2, 0.25) is 0 Å². The summed E-state index contributed by atoms with van der Waals surface area (Å²) in [6.45, 7) is 9.87. The second kappa shape index (κ2) is 6.43. The molecule has 29 heavy (non-hydrogen) atoms. The van der Waals surface area contributed by atoms with E-state index in [1.54, 1.807) is 0 Å². The van der Waals surface area contributed by atoms with Gasteiger partial charge in [-0.15, -0.1) is 0 Å². The zero-order valence-corrected chi connectivity index (χ0v) is 17.1. The average Bonchev–Trinajstić information content (AvgIpc) is 3.05. The number of morpholine rings is 1. The number of allylic oxidation sites excluding steroid dienone is 1. The van der Waals surface area contributed by atoms with Crippen LogP contribution in [0.1, 0.15) is 48.9 Å². The highest BCUT2D eigenvalue weighted by atomic mass is 16.5. The van der Waals surface area contributed by atoms with E-state index in [9.17, 15) is 10.5 Å². The van der Waals surface area contributed by atoms with Crippen LogP contribution in [-0.2, 0) is 4.74 Å². The van der Waals surface area contributed by atoms with Gasteiger partial charge < -0.3 is 19.9 Å². The molecule has 0 bridgehead atoms. The number of hydroxylamine groups is 1. The fourth-order valence-electron chi connectivity index (χ4n) is 5.09. The average molecular weight is 387 g/mol. The van der Waals surface area contributed by atoms with Gasteiger partial charge in [-0.25, -0.2) is 0 Å². The van der Waals surface area contributed by atoms with Gasteiger partial charge in [-0.05, 0) is 41.8 Å². The van der Waals surface area contributed by atoms with Crippen LogP contribution in [0, 0.1) is 22.0 Å². The number of fused-ring (bicyclic) bond motifs is 4. The van der Waals surface area contributed by atoms with Gasteiger partial charge in [0.15, 0.2) is 0 Å².